The fourth-order valence-corrected chi connectivity index (χ4v) is 3.98. The summed E-state index contributed by atoms with van der Waals surface area (Å²) in [5.74, 6) is 1.48. The number of carbonyl (C=O) groups excluding carboxylic acids is 1. The molecule has 6 nitrogen and oxygen atoms in total. The highest BCUT2D eigenvalue weighted by Crippen LogP contribution is 2.30. The highest BCUT2D eigenvalue weighted by Gasteiger charge is 2.16. The number of thioether (sulfide) groups is 1. The molecule has 0 saturated heterocycles. The zero-order valence-corrected chi connectivity index (χ0v) is 18.3. The number of ether oxygens (including phenoxy) is 1. The van der Waals surface area contributed by atoms with Gasteiger partial charge in [0, 0.05) is 12.1 Å². The van der Waals surface area contributed by atoms with E-state index in [0.717, 1.165) is 17.1 Å². The molecular weight excluding hydrogens is 431 g/mol. The lowest BCUT2D eigenvalue weighted by atomic mass is 10.2. The van der Waals surface area contributed by atoms with Gasteiger partial charge in [0.2, 0.25) is 5.91 Å². The zero-order chi connectivity index (χ0) is 20.8. The Morgan fingerprint density at radius 1 is 1.10 bits per heavy atom. The smallest absolute Gasteiger partial charge is 0.234 e. The van der Waals surface area contributed by atoms with E-state index in [1.807, 2.05) is 42.7 Å². The maximum atomic E-state index is 12.3. The Balaban J connectivity index is 1.69. The molecule has 0 bridgehead atoms. The van der Waals surface area contributed by atoms with Crippen molar-refractivity contribution in [3.8, 4) is 17.1 Å². The van der Waals surface area contributed by atoms with Crippen LogP contribution in [0.15, 0.2) is 47.6 Å². The molecule has 0 saturated carbocycles. The molecule has 1 N–H and O–H groups in total. The molecule has 0 spiro atoms. The molecule has 9 heteroatoms. The summed E-state index contributed by atoms with van der Waals surface area (Å²) in [6, 6.07) is 12.8. The highest BCUT2D eigenvalue weighted by atomic mass is 35.5. The minimum atomic E-state index is -0.224. The van der Waals surface area contributed by atoms with Crippen molar-refractivity contribution < 1.29 is 9.53 Å². The van der Waals surface area contributed by atoms with E-state index in [1.165, 1.54) is 11.8 Å². The topological polar surface area (TPSA) is 69.0 Å². The summed E-state index contributed by atoms with van der Waals surface area (Å²) < 4.78 is 7.45. The molecule has 3 rings (SSSR count). The number of hydrogen-bond acceptors (Lipinski definition) is 5. The number of halogens is 2. The molecule has 0 unspecified atom stereocenters. The van der Waals surface area contributed by atoms with Gasteiger partial charge in [-0.15, -0.1) is 10.2 Å². The lowest BCUT2D eigenvalue weighted by Gasteiger charge is -2.10. The Morgan fingerprint density at radius 2 is 1.79 bits per heavy atom. The Bertz CT molecular complexity index is 972. The Hall–Kier alpha value is -2.22. The average Bonchev–Trinajstić information content (AvgIpc) is 3.13. The third-order valence-electron chi connectivity index (χ3n) is 4.02. The molecule has 152 valence electrons. The van der Waals surface area contributed by atoms with E-state index in [1.54, 1.807) is 18.2 Å². The Morgan fingerprint density at radius 3 is 2.41 bits per heavy atom. The normalized spacial score (nSPS) is 10.8. The van der Waals surface area contributed by atoms with Gasteiger partial charge in [0.05, 0.1) is 28.1 Å². The molecule has 0 aliphatic carbocycles. The summed E-state index contributed by atoms with van der Waals surface area (Å²) in [6.07, 6.45) is 0. The van der Waals surface area contributed by atoms with Gasteiger partial charge in [-0.1, -0.05) is 41.0 Å². The maximum absolute atomic E-state index is 12.3. The van der Waals surface area contributed by atoms with Gasteiger partial charge in [-0.05, 0) is 50.2 Å². The Kier molecular flexibility index (Phi) is 7.41. The first kappa shape index (κ1) is 21.5. The molecule has 0 aliphatic heterocycles. The second-order valence-electron chi connectivity index (χ2n) is 5.94. The van der Waals surface area contributed by atoms with Crippen LogP contribution in [0.25, 0.3) is 11.4 Å². The first-order valence-corrected chi connectivity index (χ1v) is 10.8. The molecule has 2 aromatic carbocycles. The third-order valence-corrected chi connectivity index (χ3v) is 5.61. The van der Waals surface area contributed by atoms with Crippen molar-refractivity contribution >= 4 is 46.6 Å². The van der Waals surface area contributed by atoms with Gasteiger partial charge < -0.3 is 14.6 Å². The van der Waals surface area contributed by atoms with Crippen LogP contribution < -0.4 is 10.1 Å². The van der Waals surface area contributed by atoms with E-state index in [2.05, 4.69) is 15.5 Å². The first-order chi connectivity index (χ1) is 14.0. The van der Waals surface area contributed by atoms with E-state index in [4.69, 9.17) is 27.9 Å². The minimum Gasteiger partial charge on any atom is -0.494 e. The number of benzene rings is 2. The maximum Gasteiger partial charge on any atom is 0.234 e. The summed E-state index contributed by atoms with van der Waals surface area (Å²) in [5, 5.41) is 12.7. The molecular formula is C20H20Cl2N4O2S. The number of aromatic nitrogens is 3. The van der Waals surface area contributed by atoms with Gasteiger partial charge in [-0.3, -0.25) is 4.79 Å². The lowest BCUT2D eigenvalue weighted by molar-refractivity contribution is -0.113. The molecule has 0 atom stereocenters. The van der Waals surface area contributed by atoms with Crippen LogP contribution in [0.2, 0.25) is 10.0 Å². The molecule has 1 heterocycles. The van der Waals surface area contributed by atoms with Crippen molar-refractivity contribution in [1.29, 1.82) is 0 Å². The van der Waals surface area contributed by atoms with Crippen LogP contribution in [0, 0.1) is 0 Å². The summed E-state index contributed by atoms with van der Waals surface area (Å²) in [4.78, 5) is 12.3. The van der Waals surface area contributed by atoms with Gasteiger partial charge in [-0.25, -0.2) is 0 Å². The van der Waals surface area contributed by atoms with Crippen molar-refractivity contribution in [1.82, 2.24) is 14.8 Å². The number of hydrogen-bond donors (Lipinski definition) is 1. The summed E-state index contributed by atoms with van der Waals surface area (Å²) in [7, 11) is 0. The summed E-state index contributed by atoms with van der Waals surface area (Å²) in [5.41, 5.74) is 1.34. The zero-order valence-electron chi connectivity index (χ0n) is 16.0. The van der Waals surface area contributed by atoms with E-state index >= 15 is 0 Å². The number of anilines is 1. The van der Waals surface area contributed by atoms with Crippen molar-refractivity contribution in [2.75, 3.05) is 17.7 Å². The minimum absolute atomic E-state index is 0.156. The molecule has 3 aromatic rings. The van der Waals surface area contributed by atoms with Crippen molar-refractivity contribution in [2.24, 2.45) is 0 Å². The summed E-state index contributed by atoms with van der Waals surface area (Å²) in [6.45, 7) is 5.25. The largest absolute Gasteiger partial charge is 0.494 e. The van der Waals surface area contributed by atoms with E-state index < -0.39 is 0 Å². The van der Waals surface area contributed by atoms with E-state index in [9.17, 15) is 4.79 Å². The van der Waals surface area contributed by atoms with Crippen LogP contribution in [0.5, 0.6) is 5.75 Å². The number of rotatable bonds is 8. The van der Waals surface area contributed by atoms with Crippen molar-refractivity contribution in [2.45, 2.75) is 25.5 Å². The lowest BCUT2D eigenvalue weighted by Crippen LogP contribution is -2.15. The SMILES string of the molecule is CCOc1ccc(-c2nnc(SCC(=O)Nc3c(Cl)cccc3Cl)n2CC)cc1. The van der Waals surface area contributed by atoms with Gasteiger partial charge in [-0.2, -0.15) is 0 Å². The van der Waals surface area contributed by atoms with Crippen LogP contribution in [-0.2, 0) is 11.3 Å². The fraction of sp³-hybridized carbons (Fsp3) is 0.250. The quantitative estimate of drug-likeness (QED) is 0.465. The number of nitrogens with zero attached hydrogens (tertiary/aromatic N) is 3. The summed E-state index contributed by atoms with van der Waals surface area (Å²) >= 11 is 13.5. The van der Waals surface area contributed by atoms with Gasteiger partial charge >= 0.3 is 0 Å². The highest BCUT2D eigenvalue weighted by molar-refractivity contribution is 7.99. The second kappa shape index (κ2) is 10.0. The van der Waals surface area contributed by atoms with Crippen LogP contribution in [0.4, 0.5) is 5.69 Å². The van der Waals surface area contributed by atoms with Crippen molar-refractivity contribution in [3.63, 3.8) is 0 Å². The van der Waals surface area contributed by atoms with Crippen LogP contribution in [0.1, 0.15) is 13.8 Å². The monoisotopic (exact) mass is 450 g/mol. The number of carbonyl (C=O) groups is 1. The third kappa shape index (κ3) is 5.23. The van der Waals surface area contributed by atoms with E-state index in [0.29, 0.717) is 34.0 Å². The molecule has 1 aromatic heterocycles. The van der Waals surface area contributed by atoms with Crippen LogP contribution in [0.3, 0.4) is 0 Å². The van der Waals surface area contributed by atoms with Gasteiger partial charge in [0.25, 0.3) is 0 Å². The number of nitrogens with one attached hydrogen (secondary N) is 1. The number of amides is 1. The van der Waals surface area contributed by atoms with E-state index in [-0.39, 0.29) is 11.7 Å². The molecule has 0 aliphatic rings. The predicted octanol–water partition coefficient (Wildman–Crippen LogP) is 5.40. The van der Waals surface area contributed by atoms with Crippen LogP contribution in [-0.4, -0.2) is 33.0 Å². The van der Waals surface area contributed by atoms with Crippen LogP contribution >= 0.6 is 35.0 Å². The molecule has 1 amide bonds. The Labute approximate surface area is 183 Å². The fourth-order valence-electron chi connectivity index (χ4n) is 2.68. The molecule has 29 heavy (non-hydrogen) atoms. The molecule has 0 fully saturated rings. The standard InChI is InChI=1S/C20H20Cl2N4O2S/c1-3-26-19(13-8-10-14(11-9-13)28-4-2)24-25-20(26)29-12-17(27)23-18-15(21)6-5-7-16(18)22/h5-11H,3-4,12H2,1-2H3,(H,23,27). The van der Waals surface area contributed by atoms with Gasteiger partial charge in [0.1, 0.15) is 5.75 Å². The average molecular weight is 451 g/mol. The number of para-hydroxylation sites is 1. The second-order valence-corrected chi connectivity index (χ2v) is 7.70. The first-order valence-electron chi connectivity index (χ1n) is 9.06. The van der Waals surface area contributed by atoms with Gasteiger partial charge in [0.15, 0.2) is 11.0 Å². The molecule has 0 radical (unpaired) electrons. The predicted molar refractivity (Wildman–Crippen MR) is 118 cm³/mol. The van der Waals surface area contributed by atoms with Crippen molar-refractivity contribution in [3.05, 3.63) is 52.5 Å².